The van der Waals surface area contributed by atoms with Gasteiger partial charge in [0.15, 0.2) is 0 Å². The van der Waals surface area contributed by atoms with Crippen LogP contribution in [0.15, 0.2) is 0 Å². The molecular formula is C4H10ClNO3. The van der Waals surface area contributed by atoms with E-state index in [0.717, 1.165) is 0 Å². The third-order valence-corrected chi connectivity index (χ3v) is 0.757. The van der Waals surface area contributed by atoms with E-state index in [1.165, 1.54) is 0 Å². The monoisotopic (exact) mass is 155 g/mol. The minimum atomic E-state index is -1.07. The Labute approximate surface area is 59.1 Å². The molecule has 5 heteroatoms. The summed E-state index contributed by atoms with van der Waals surface area (Å²) in [5.74, 6) is -1.07. The molecule has 0 amide bonds. The van der Waals surface area contributed by atoms with Crippen LogP contribution in [0, 0.1) is 0 Å². The lowest BCUT2D eigenvalue weighted by Crippen LogP contribution is -2.30. The molecule has 0 aliphatic carbocycles. The van der Waals surface area contributed by atoms with Crippen molar-refractivity contribution in [1.82, 2.24) is 0 Å². The van der Waals surface area contributed by atoms with Crippen LogP contribution < -0.4 is 5.73 Å². The Morgan fingerprint density at radius 2 is 2.11 bits per heavy atom. The Hall–Kier alpha value is -0.320. The summed E-state index contributed by atoms with van der Waals surface area (Å²) < 4.78 is 0. The zero-order valence-electron chi connectivity index (χ0n) is 4.78. The molecule has 0 aliphatic rings. The second-order valence-electron chi connectivity index (χ2n) is 1.46. The highest BCUT2D eigenvalue weighted by Crippen LogP contribution is 1.83. The fourth-order valence-corrected chi connectivity index (χ4v) is 0.263. The maximum atomic E-state index is 9.85. The lowest BCUT2D eigenvalue weighted by Gasteiger charge is -2.00. The molecule has 9 heavy (non-hydrogen) atoms. The summed E-state index contributed by atoms with van der Waals surface area (Å²) in [6, 6.07) is -0.917. The number of aliphatic carboxylic acids is 1. The van der Waals surface area contributed by atoms with Crippen molar-refractivity contribution in [1.29, 1.82) is 0 Å². The molecule has 0 aliphatic heterocycles. The second-order valence-corrected chi connectivity index (χ2v) is 1.46. The van der Waals surface area contributed by atoms with Crippen molar-refractivity contribution in [2.75, 3.05) is 6.61 Å². The quantitative estimate of drug-likeness (QED) is 0.499. The van der Waals surface area contributed by atoms with Gasteiger partial charge in [-0.2, -0.15) is 0 Å². The Morgan fingerprint density at radius 1 is 1.67 bits per heavy atom. The molecule has 56 valence electrons. The van der Waals surface area contributed by atoms with Crippen LogP contribution >= 0.6 is 12.4 Å². The van der Waals surface area contributed by atoms with E-state index in [9.17, 15) is 4.79 Å². The van der Waals surface area contributed by atoms with E-state index in [1.807, 2.05) is 0 Å². The number of aliphatic hydroxyl groups is 1. The van der Waals surface area contributed by atoms with Gasteiger partial charge >= 0.3 is 5.97 Å². The van der Waals surface area contributed by atoms with E-state index in [0.29, 0.717) is 0 Å². The van der Waals surface area contributed by atoms with Gasteiger partial charge in [-0.25, -0.2) is 0 Å². The molecule has 0 radical (unpaired) electrons. The molecule has 0 heterocycles. The Balaban J connectivity index is 0. The first kappa shape index (κ1) is 11.5. The first-order chi connectivity index (χ1) is 3.68. The molecule has 0 saturated heterocycles. The van der Waals surface area contributed by atoms with Gasteiger partial charge in [-0.15, -0.1) is 12.4 Å². The van der Waals surface area contributed by atoms with Crippen LogP contribution in [-0.4, -0.2) is 28.8 Å². The molecule has 4 nitrogen and oxygen atoms in total. The van der Waals surface area contributed by atoms with Gasteiger partial charge in [0, 0.05) is 6.61 Å². The van der Waals surface area contributed by atoms with Gasteiger partial charge in [-0.05, 0) is 6.42 Å². The van der Waals surface area contributed by atoms with Gasteiger partial charge in [0.05, 0.1) is 0 Å². The lowest BCUT2D eigenvalue weighted by molar-refractivity contribution is -0.138. The molecule has 0 bridgehead atoms. The predicted molar refractivity (Wildman–Crippen MR) is 34.6 cm³/mol. The van der Waals surface area contributed by atoms with Crippen LogP contribution in [0.5, 0.6) is 0 Å². The molecule has 1 unspecified atom stereocenters. The molecule has 0 aromatic carbocycles. The van der Waals surface area contributed by atoms with Crippen LogP contribution in [0.1, 0.15) is 6.42 Å². The first-order valence-corrected chi connectivity index (χ1v) is 2.27. The van der Waals surface area contributed by atoms with E-state index >= 15 is 0 Å². The summed E-state index contributed by atoms with van der Waals surface area (Å²) in [6.07, 6.45) is 0.120. The third kappa shape index (κ3) is 5.55. The van der Waals surface area contributed by atoms with E-state index in [1.54, 1.807) is 0 Å². The van der Waals surface area contributed by atoms with Gasteiger partial charge in [-0.1, -0.05) is 0 Å². The number of nitrogens with two attached hydrogens (primary N) is 1. The number of halogens is 1. The van der Waals surface area contributed by atoms with Crippen molar-refractivity contribution in [3.05, 3.63) is 0 Å². The van der Waals surface area contributed by atoms with Gasteiger partial charge in [0.2, 0.25) is 0 Å². The summed E-state index contributed by atoms with van der Waals surface area (Å²) >= 11 is 0. The van der Waals surface area contributed by atoms with Crippen LogP contribution in [-0.2, 0) is 4.79 Å². The number of carbonyl (C=O) groups is 1. The maximum absolute atomic E-state index is 9.85. The zero-order valence-corrected chi connectivity index (χ0v) is 5.60. The highest BCUT2D eigenvalue weighted by atomic mass is 35.5. The number of carboxylic acid groups (broad SMARTS) is 1. The first-order valence-electron chi connectivity index (χ1n) is 2.27. The fourth-order valence-electron chi connectivity index (χ4n) is 0.263. The van der Waals surface area contributed by atoms with Crippen LogP contribution in [0.3, 0.4) is 0 Å². The minimum Gasteiger partial charge on any atom is -0.480 e. The molecule has 0 rings (SSSR count). The van der Waals surface area contributed by atoms with Crippen LogP contribution in [0.2, 0.25) is 0 Å². The smallest absolute Gasteiger partial charge is 0.320 e. The van der Waals surface area contributed by atoms with Gasteiger partial charge in [0.25, 0.3) is 0 Å². The van der Waals surface area contributed by atoms with E-state index in [2.05, 4.69) is 0 Å². The summed E-state index contributed by atoms with van der Waals surface area (Å²) in [5.41, 5.74) is 4.97. The van der Waals surface area contributed by atoms with Crippen LogP contribution in [0.4, 0.5) is 0 Å². The summed E-state index contributed by atoms with van der Waals surface area (Å²) in [5, 5.41) is 16.2. The Bertz CT molecular complexity index is 87.9. The summed E-state index contributed by atoms with van der Waals surface area (Å²) in [4.78, 5) is 9.85. The average molecular weight is 156 g/mol. The van der Waals surface area contributed by atoms with Gasteiger partial charge < -0.3 is 15.9 Å². The molecule has 4 N–H and O–H groups in total. The average Bonchev–Trinajstić information content (AvgIpc) is 1.67. The van der Waals surface area contributed by atoms with Gasteiger partial charge in [0.1, 0.15) is 6.04 Å². The van der Waals surface area contributed by atoms with E-state index in [-0.39, 0.29) is 25.4 Å². The van der Waals surface area contributed by atoms with E-state index in [4.69, 9.17) is 15.9 Å². The lowest BCUT2D eigenvalue weighted by atomic mass is 10.2. The predicted octanol–water partition coefficient (Wildman–Crippen LogP) is -0.798. The standard InChI is InChI=1S/C4H9NO3.ClH/c5-3(1-2-6)4(7)8;/h3,6H,1-2,5H2,(H,7,8);1H. The topological polar surface area (TPSA) is 83.5 Å². The van der Waals surface area contributed by atoms with Crippen molar-refractivity contribution in [3.8, 4) is 0 Å². The Morgan fingerprint density at radius 3 is 2.22 bits per heavy atom. The number of carboxylic acids is 1. The highest BCUT2D eigenvalue weighted by molar-refractivity contribution is 5.85. The maximum Gasteiger partial charge on any atom is 0.320 e. The van der Waals surface area contributed by atoms with E-state index < -0.39 is 12.0 Å². The molecule has 0 spiro atoms. The Kier molecular flexibility index (Phi) is 7.41. The molecule has 0 fully saturated rings. The van der Waals surface area contributed by atoms with Crippen molar-refractivity contribution in [2.45, 2.75) is 12.5 Å². The van der Waals surface area contributed by atoms with Gasteiger partial charge in [-0.3, -0.25) is 4.79 Å². The number of hydrogen-bond donors (Lipinski definition) is 3. The molecule has 1 atom stereocenters. The third-order valence-electron chi connectivity index (χ3n) is 0.757. The number of aliphatic hydroxyl groups excluding tert-OH is 1. The van der Waals surface area contributed by atoms with Crippen molar-refractivity contribution < 1.29 is 15.0 Å². The highest BCUT2D eigenvalue weighted by Gasteiger charge is 2.08. The van der Waals surface area contributed by atoms with Crippen LogP contribution in [0.25, 0.3) is 0 Å². The number of rotatable bonds is 3. The summed E-state index contributed by atoms with van der Waals surface area (Å²) in [7, 11) is 0. The van der Waals surface area contributed by atoms with Crippen molar-refractivity contribution in [2.24, 2.45) is 5.73 Å². The van der Waals surface area contributed by atoms with Crippen molar-refractivity contribution >= 4 is 18.4 Å². The molecular weight excluding hydrogens is 146 g/mol. The summed E-state index contributed by atoms with van der Waals surface area (Å²) in [6.45, 7) is -0.173. The largest absolute Gasteiger partial charge is 0.480 e. The normalized spacial score (nSPS) is 11.8. The van der Waals surface area contributed by atoms with Crippen molar-refractivity contribution in [3.63, 3.8) is 0 Å². The molecule has 0 saturated carbocycles. The molecule has 0 aromatic rings. The minimum absolute atomic E-state index is 0. The molecule has 0 aromatic heterocycles. The fraction of sp³-hybridized carbons (Fsp3) is 0.750. The zero-order chi connectivity index (χ0) is 6.57. The SMILES string of the molecule is Cl.NC(CCO)C(=O)O. The second kappa shape index (κ2) is 5.81. The number of hydrogen-bond acceptors (Lipinski definition) is 3.